The van der Waals surface area contributed by atoms with Gasteiger partial charge in [0.15, 0.2) is 0 Å². The van der Waals surface area contributed by atoms with Crippen molar-refractivity contribution in [2.45, 2.75) is 51.7 Å². The van der Waals surface area contributed by atoms with Gasteiger partial charge in [-0.25, -0.2) is 0 Å². The van der Waals surface area contributed by atoms with Gasteiger partial charge in [-0.3, -0.25) is 14.5 Å². The molecule has 0 aromatic rings. The van der Waals surface area contributed by atoms with Gasteiger partial charge in [0.1, 0.15) is 11.6 Å². The minimum Gasteiger partial charge on any atom is -0.459 e. The highest BCUT2D eigenvalue weighted by Gasteiger charge is 2.34. The van der Waals surface area contributed by atoms with Crippen molar-refractivity contribution in [1.82, 2.24) is 10.2 Å². The van der Waals surface area contributed by atoms with Crippen LogP contribution in [0, 0.1) is 0 Å². The van der Waals surface area contributed by atoms with E-state index in [1.807, 2.05) is 25.7 Å². The van der Waals surface area contributed by atoms with Crippen LogP contribution in [0.5, 0.6) is 0 Å². The lowest BCUT2D eigenvalue weighted by atomic mass is 10.1. The van der Waals surface area contributed by atoms with Crippen molar-refractivity contribution in [2.75, 3.05) is 33.4 Å². The number of likely N-dealkylation sites (tertiary alicyclic amines) is 1. The van der Waals surface area contributed by atoms with Crippen LogP contribution in [0.4, 0.5) is 0 Å². The number of hydrogen-bond acceptors (Lipinski definition) is 5. The highest BCUT2D eigenvalue weighted by molar-refractivity contribution is 5.81. The van der Waals surface area contributed by atoms with Crippen LogP contribution in [0.2, 0.25) is 0 Å². The van der Waals surface area contributed by atoms with E-state index in [-0.39, 0.29) is 24.5 Å². The molecule has 0 spiro atoms. The lowest BCUT2D eigenvalue weighted by Gasteiger charge is -2.26. The van der Waals surface area contributed by atoms with Gasteiger partial charge in [0.05, 0.1) is 6.54 Å². The number of methoxy groups -OCH3 is 1. The molecule has 0 radical (unpaired) electrons. The van der Waals surface area contributed by atoms with Crippen LogP contribution in [0.1, 0.15) is 40.0 Å². The number of ether oxygens (including phenoxy) is 2. The Kier molecular flexibility index (Phi) is 7.11. The summed E-state index contributed by atoms with van der Waals surface area (Å²) in [5.41, 5.74) is -0.492. The maximum Gasteiger partial charge on any atom is 0.323 e. The van der Waals surface area contributed by atoms with Crippen molar-refractivity contribution in [3.63, 3.8) is 0 Å². The first-order chi connectivity index (χ1) is 9.83. The summed E-state index contributed by atoms with van der Waals surface area (Å²) in [6, 6.07) is -0.297. The predicted octanol–water partition coefficient (Wildman–Crippen LogP) is 0.945. The standard InChI is InChI=1S/C15H28N2O4/c1-15(2,3)21-14(19)12-7-5-9-17(12)11-13(18)16-8-6-10-20-4/h12H,5-11H2,1-4H3,(H,16,18)/t12-/m1/s1. The first-order valence-electron chi connectivity index (χ1n) is 7.56. The minimum atomic E-state index is -0.492. The van der Waals surface area contributed by atoms with Gasteiger partial charge in [0.2, 0.25) is 5.91 Å². The molecule has 1 aliphatic heterocycles. The minimum absolute atomic E-state index is 0.0541. The summed E-state index contributed by atoms with van der Waals surface area (Å²) in [5, 5.41) is 2.84. The Balaban J connectivity index is 2.39. The van der Waals surface area contributed by atoms with E-state index in [0.717, 1.165) is 25.8 Å². The fourth-order valence-corrected chi connectivity index (χ4v) is 2.34. The van der Waals surface area contributed by atoms with E-state index in [2.05, 4.69) is 5.32 Å². The van der Waals surface area contributed by atoms with E-state index >= 15 is 0 Å². The third-order valence-corrected chi connectivity index (χ3v) is 3.24. The molecule has 1 aliphatic rings. The summed E-state index contributed by atoms with van der Waals surface area (Å²) in [7, 11) is 1.64. The molecule has 0 aromatic carbocycles. The SMILES string of the molecule is COCCCNC(=O)CN1CCC[C@@H]1C(=O)OC(C)(C)C. The molecule has 1 rings (SSSR count). The van der Waals surface area contributed by atoms with Gasteiger partial charge in [0.25, 0.3) is 0 Å². The van der Waals surface area contributed by atoms with Gasteiger partial charge >= 0.3 is 5.97 Å². The second kappa shape index (κ2) is 8.34. The normalized spacial score (nSPS) is 19.5. The van der Waals surface area contributed by atoms with Crippen molar-refractivity contribution in [3.05, 3.63) is 0 Å². The zero-order valence-corrected chi connectivity index (χ0v) is 13.6. The number of rotatable bonds is 7. The summed E-state index contributed by atoms with van der Waals surface area (Å²) < 4.78 is 10.3. The molecule has 6 nitrogen and oxygen atoms in total. The van der Waals surface area contributed by atoms with Gasteiger partial charge in [-0.15, -0.1) is 0 Å². The van der Waals surface area contributed by atoms with Crippen LogP contribution in [-0.2, 0) is 19.1 Å². The Hall–Kier alpha value is -1.14. The van der Waals surface area contributed by atoms with Crippen molar-refractivity contribution < 1.29 is 19.1 Å². The summed E-state index contributed by atoms with van der Waals surface area (Å²) in [6.07, 6.45) is 2.46. The fraction of sp³-hybridized carbons (Fsp3) is 0.867. The molecule has 0 bridgehead atoms. The number of hydrogen-bond donors (Lipinski definition) is 1. The third-order valence-electron chi connectivity index (χ3n) is 3.24. The average molecular weight is 300 g/mol. The molecule has 0 aliphatic carbocycles. The number of esters is 1. The van der Waals surface area contributed by atoms with Gasteiger partial charge in [-0.2, -0.15) is 0 Å². The van der Waals surface area contributed by atoms with E-state index in [0.29, 0.717) is 13.2 Å². The molecule has 0 aromatic heterocycles. The topological polar surface area (TPSA) is 67.9 Å². The molecule has 1 amide bonds. The van der Waals surface area contributed by atoms with E-state index in [4.69, 9.17) is 9.47 Å². The Labute approximate surface area is 127 Å². The van der Waals surface area contributed by atoms with Gasteiger partial charge in [0, 0.05) is 20.3 Å². The quantitative estimate of drug-likeness (QED) is 0.560. The molecule has 6 heteroatoms. The summed E-state index contributed by atoms with van der Waals surface area (Å²) >= 11 is 0. The monoisotopic (exact) mass is 300 g/mol. The lowest BCUT2D eigenvalue weighted by molar-refractivity contribution is -0.160. The molecule has 1 saturated heterocycles. The second-order valence-corrected chi connectivity index (χ2v) is 6.36. The Morgan fingerprint density at radius 3 is 2.67 bits per heavy atom. The molecule has 21 heavy (non-hydrogen) atoms. The number of nitrogens with zero attached hydrogens (tertiary/aromatic N) is 1. The number of carbonyl (C=O) groups is 2. The maximum atomic E-state index is 12.1. The van der Waals surface area contributed by atoms with Crippen LogP contribution in [0.25, 0.3) is 0 Å². The van der Waals surface area contributed by atoms with Crippen molar-refractivity contribution in [2.24, 2.45) is 0 Å². The van der Waals surface area contributed by atoms with Crippen LogP contribution in [0.3, 0.4) is 0 Å². The van der Waals surface area contributed by atoms with E-state index in [1.165, 1.54) is 0 Å². The molecule has 122 valence electrons. The second-order valence-electron chi connectivity index (χ2n) is 6.36. The molecule has 1 atom stereocenters. The molecule has 1 N–H and O–H groups in total. The maximum absolute atomic E-state index is 12.1. The fourth-order valence-electron chi connectivity index (χ4n) is 2.34. The lowest BCUT2D eigenvalue weighted by Crippen LogP contribution is -2.45. The predicted molar refractivity (Wildman–Crippen MR) is 79.9 cm³/mol. The van der Waals surface area contributed by atoms with Crippen molar-refractivity contribution in [3.8, 4) is 0 Å². The first-order valence-corrected chi connectivity index (χ1v) is 7.56. The Bertz CT molecular complexity index is 352. The highest BCUT2D eigenvalue weighted by Crippen LogP contribution is 2.20. The van der Waals surface area contributed by atoms with Gasteiger partial charge in [-0.1, -0.05) is 0 Å². The summed E-state index contributed by atoms with van der Waals surface area (Å²) in [5.74, 6) is -0.284. The zero-order valence-electron chi connectivity index (χ0n) is 13.6. The number of carbonyl (C=O) groups excluding carboxylic acids is 2. The van der Waals surface area contributed by atoms with Gasteiger partial charge in [-0.05, 0) is 46.6 Å². The van der Waals surface area contributed by atoms with Crippen LogP contribution >= 0.6 is 0 Å². The molecule has 0 saturated carbocycles. The molecular formula is C15H28N2O4. The highest BCUT2D eigenvalue weighted by atomic mass is 16.6. The van der Waals surface area contributed by atoms with Crippen LogP contribution in [-0.4, -0.2) is 61.8 Å². The molecular weight excluding hydrogens is 272 g/mol. The average Bonchev–Trinajstić information content (AvgIpc) is 2.81. The largest absolute Gasteiger partial charge is 0.459 e. The molecule has 0 unspecified atom stereocenters. The van der Waals surface area contributed by atoms with Crippen molar-refractivity contribution >= 4 is 11.9 Å². The van der Waals surface area contributed by atoms with Crippen molar-refractivity contribution in [1.29, 1.82) is 0 Å². The smallest absolute Gasteiger partial charge is 0.323 e. The number of amides is 1. The third kappa shape index (κ3) is 6.91. The van der Waals surface area contributed by atoms with E-state index < -0.39 is 5.60 Å². The first kappa shape index (κ1) is 17.9. The van der Waals surface area contributed by atoms with Gasteiger partial charge < -0.3 is 14.8 Å². The van der Waals surface area contributed by atoms with E-state index in [9.17, 15) is 9.59 Å². The van der Waals surface area contributed by atoms with Crippen LogP contribution < -0.4 is 5.32 Å². The zero-order chi connectivity index (χ0) is 15.9. The van der Waals surface area contributed by atoms with E-state index in [1.54, 1.807) is 7.11 Å². The number of nitrogens with one attached hydrogen (secondary N) is 1. The molecule has 1 heterocycles. The van der Waals surface area contributed by atoms with Crippen LogP contribution in [0.15, 0.2) is 0 Å². The Morgan fingerprint density at radius 2 is 2.05 bits per heavy atom. The Morgan fingerprint density at radius 1 is 1.33 bits per heavy atom. The summed E-state index contributed by atoms with van der Waals surface area (Å²) in [6.45, 7) is 7.79. The summed E-state index contributed by atoms with van der Waals surface area (Å²) in [4.78, 5) is 25.9. The molecule has 1 fully saturated rings.